The molecule has 0 unspecified atom stereocenters. The van der Waals surface area contributed by atoms with Crippen LogP contribution in [0.2, 0.25) is 0 Å². The third-order valence-corrected chi connectivity index (χ3v) is 4.46. The van der Waals surface area contributed by atoms with Crippen LogP contribution in [0.5, 0.6) is 0 Å². The van der Waals surface area contributed by atoms with Crippen LogP contribution in [0, 0.1) is 0 Å². The van der Waals surface area contributed by atoms with E-state index >= 15 is 0 Å². The van der Waals surface area contributed by atoms with Crippen LogP contribution in [0.15, 0.2) is 29.2 Å². The summed E-state index contributed by atoms with van der Waals surface area (Å²) in [5.41, 5.74) is -1.14. The number of benzene rings is 1. The third-order valence-electron chi connectivity index (χ3n) is 3.06. The first kappa shape index (κ1) is 20.9. The number of nitrogens with one attached hydrogen (secondary N) is 1. The topological polar surface area (TPSA) is 104 Å². The molecule has 0 fully saturated rings. The van der Waals surface area contributed by atoms with Gasteiger partial charge in [-0.25, -0.2) is 13.1 Å². The Balaban J connectivity index is 2.88. The fourth-order valence-corrected chi connectivity index (χ4v) is 2.94. The molecule has 2 N–H and O–H groups in total. The Kier molecular flexibility index (Phi) is 6.94. The Morgan fingerprint density at radius 3 is 2.44 bits per heavy atom. The van der Waals surface area contributed by atoms with Gasteiger partial charge in [0.2, 0.25) is 15.9 Å². The maximum absolute atomic E-state index is 12.7. The molecule has 0 radical (unpaired) electrons. The molecule has 1 aromatic rings. The highest BCUT2D eigenvalue weighted by molar-refractivity contribution is 7.89. The van der Waals surface area contributed by atoms with E-state index in [2.05, 4.69) is 0 Å². The molecule has 11 heteroatoms. The average molecular weight is 382 g/mol. The summed E-state index contributed by atoms with van der Waals surface area (Å²) in [7, 11) is -4.36. The molecule has 140 valence electrons. The molecule has 25 heavy (non-hydrogen) atoms. The van der Waals surface area contributed by atoms with Crippen LogP contribution in [-0.2, 0) is 25.8 Å². The van der Waals surface area contributed by atoms with E-state index in [4.69, 9.17) is 5.11 Å². The molecule has 0 aliphatic heterocycles. The molecule has 0 saturated carbocycles. The predicted octanol–water partition coefficient (Wildman–Crippen LogP) is 1.31. The van der Waals surface area contributed by atoms with Crippen LogP contribution in [0.25, 0.3) is 0 Å². The molecule has 0 saturated heterocycles. The number of carboxylic acids is 1. The van der Waals surface area contributed by atoms with Crippen LogP contribution >= 0.6 is 0 Å². The van der Waals surface area contributed by atoms with E-state index in [9.17, 15) is 31.2 Å². The normalized spacial score (nSPS) is 12.0. The summed E-state index contributed by atoms with van der Waals surface area (Å²) in [5.74, 6) is -2.05. The maximum atomic E-state index is 12.7. The number of alkyl halides is 3. The number of carbonyl (C=O) groups is 2. The Bertz CT molecular complexity index is 734. The number of carboxylic acid groups (broad SMARTS) is 1. The van der Waals surface area contributed by atoms with E-state index in [1.807, 2.05) is 4.72 Å². The van der Waals surface area contributed by atoms with Gasteiger partial charge in [-0.3, -0.25) is 9.59 Å². The first-order valence-corrected chi connectivity index (χ1v) is 8.62. The number of nitrogens with zero attached hydrogens (tertiary/aromatic N) is 1. The lowest BCUT2D eigenvalue weighted by Gasteiger charge is -2.20. The first-order valence-electron chi connectivity index (χ1n) is 7.14. The zero-order chi connectivity index (χ0) is 19.3. The smallest absolute Gasteiger partial charge is 0.416 e. The Hall–Kier alpha value is -2.14. The second-order valence-corrected chi connectivity index (χ2v) is 6.83. The molecule has 0 bridgehead atoms. The van der Waals surface area contributed by atoms with Gasteiger partial charge < -0.3 is 10.0 Å². The summed E-state index contributed by atoms with van der Waals surface area (Å²) < 4.78 is 63.9. The first-order chi connectivity index (χ1) is 11.5. The number of aliphatic carboxylic acids is 1. The molecule has 7 nitrogen and oxygen atoms in total. The van der Waals surface area contributed by atoms with Crippen LogP contribution in [0.1, 0.15) is 18.9 Å². The van der Waals surface area contributed by atoms with Gasteiger partial charge in [0.1, 0.15) is 6.54 Å². The van der Waals surface area contributed by atoms with E-state index < -0.39 is 51.6 Å². The SMILES string of the molecule is CCCN(CC(=O)O)C(=O)CNS(=O)(=O)c1cccc(C(F)(F)F)c1. The van der Waals surface area contributed by atoms with Gasteiger partial charge >= 0.3 is 12.1 Å². The van der Waals surface area contributed by atoms with E-state index in [1.165, 1.54) is 0 Å². The summed E-state index contributed by atoms with van der Waals surface area (Å²) in [6, 6.07) is 3.07. The van der Waals surface area contributed by atoms with Crippen molar-refractivity contribution in [3.05, 3.63) is 29.8 Å². The molecule has 0 aliphatic carbocycles. The van der Waals surface area contributed by atoms with Crippen LogP contribution in [0.4, 0.5) is 13.2 Å². The lowest BCUT2D eigenvalue weighted by molar-refractivity contribution is -0.144. The fraction of sp³-hybridized carbons (Fsp3) is 0.429. The van der Waals surface area contributed by atoms with Crippen molar-refractivity contribution < 1.29 is 36.3 Å². The molecular weight excluding hydrogens is 365 g/mol. The summed E-state index contributed by atoms with van der Waals surface area (Å²) in [6.45, 7) is 0.454. The third kappa shape index (κ3) is 6.35. The molecular formula is C14H17F3N2O5S. The zero-order valence-corrected chi connectivity index (χ0v) is 14.0. The fourth-order valence-electron chi connectivity index (χ4n) is 1.92. The van der Waals surface area contributed by atoms with Gasteiger partial charge in [0.15, 0.2) is 0 Å². The molecule has 0 atom stereocenters. The van der Waals surface area contributed by atoms with E-state index in [-0.39, 0.29) is 6.54 Å². The van der Waals surface area contributed by atoms with Crippen molar-refractivity contribution in [3.63, 3.8) is 0 Å². The molecule has 1 rings (SSSR count). The summed E-state index contributed by atoms with van der Waals surface area (Å²) >= 11 is 0. The number of sulfonamides is 1. The Labute approximate surface area is 142 Å². The summed E-state index contributed by atoms with van der Waals surface area (Å²) in [4.78, 5) is 22.9. The number of halogens is 3. The number of hydrogen-bond donors (Lipinski definition) is 2. The lowest BCUT2D eigenvalue weighted by Crippen LogP contribution is -2.42. The van der Waals surface area contributed by atoms with E-state index in [0.717, 1.165) is 23.1 Å². The molecule has 0 aliphatic rings. The number of rotatable bonds is 8. The second kappa shape index (κ2) is 8.30. The Morgan fingerprint density at radius 1 is 1.28 bits per heavy atom. The quantitative estimate of drug-likeness (QED) is 0.706. The van der Waals surface area contributed by atoms with Crippen molar-refractivity contribution in [2.45, 2.75) is 24.4 Å². The number of amides is 1. The molecule has 0 aromatic heterocycles. The van der Waals surface area contributed by atoms with Gasteiger partial charge in [-0.05, 0) is 24.6 Å². The van der Waals surface area contributed by atoms with Crippen molar-refractivity contribution in [2.75, 3.05) is 19.6 Å². The molecule has 0 heterocycles. The minimum atomic E-state index is -4.71. The summed E-state index contributed by atoms with van der Waals surface area (Å²) in [5, 5.41) is 8.73. The van der Waals surface area contributed by atoms with Crippen LogP contribution in [0.3, 0.4) is 0 Å². The Morgan fingerprint density at radius 2 is 1.92 bits per heavy atom. The highest BCUT2D eigenvalue weighted by Crippen LogP contribution is 2.30. The van der Waals surface area contributed by atoms with E-state index in [1.54, 1.807) is 6.92 Å². The largest absolute Gasteiger partial charge is 0.480 e. The van der Waals surface area contributed by atoms with Crippen molar-refractivity contribution in [1.82, 2.24) is 9.62 Å². The minimum Gasteiger partial charge on any atom is -0.480 e. The van der Waals surface area contributed by atoms with Crippen molar-refractivity contribution in [2.24, 2.45) is 0 Å². The van der Waals surface area contributed by atoms with Gasteiger partial charge in [0, 0.05) is 6.54 Å². The molecule has 1 amide bonds. The lowest BCUT2D eigenvalue weighted by atomic mass is 10.2. The minimum absolute atomic E-state index is 0.108. The molecule has 1 aromatic carbocycles. The van der Waals surface area contributed by atoms with E-state index in [0.29, 0.717) is 12.5 Å². The zero-order valence-electron chi connectivity index (χ0n) is 13.2. The highest BCUT2D eigenvalue weighted by Gasteiger charge is 2.31. The monoisotopic (exact) mass is 382 g/mol. The van der Waals surface area contributed by atoms with Crippen LogP contribution < -0.4 is 4.72 Å². The number of hydrogen-bond acceptors (Lipinski definition) is 4. The standard InChI is InChI=1S/C14H17F3N2O5S/c1-2-6-19(9-13(21)22)12(20)8-18-25(23,24)11-5-3-4-10(7-11)14(15,16)17/h3-5,7,18H,2,6,8-9H2,1H3,(H,21,22). The molecule has 0 spiro atoms. The van der Waals surface area contributed by atoms with Gasteiger partial charge in [0.05, 0.1) is 17.0 Å². The average Bonchev–Trinajstić information content (AvgIpc) is 2.51. The number of carbonyl (C=O) groups excluding carboxylic acids is 1. The predicted molar refractivity (Wildman–Crippen MR) is 81.1 cm³/mol. The van der Waals surface area contributed by atoms with Crippen LogP contribution in [-0.4, -0.2) is 49.9 Å². The van der Waals surface area contributed by atoms with Gasteiger partial charge in [-0.2, -0.15) is 13.2 Å². The van der Waals surface area contributed by atoms with Gasteiger partial charge in [-0.15, -0.1) is 0 Å². The maximum Gasteiger partial charge on any atom is 0.416 e. The van der Waals surface area contributed by atoms with Gasteiger partial charge in [0.25, 0.3) is 0 Å². The summed E-state index contributed by atoms with van der Waals surface area (Å²) in [6.07, 6.45) is -4.25. The van der Waals surface area contributed by atoms with Crippen molar-refractivity contribution in [3.8, 4) is 0 Å². The van der Waals surface area contributed by atoms with Crippen molar-refractivity contribution in [1.29, 1.82) is 0 Å². The van der Waals surface area contributed by atoms with Gasteiger partial charge in [-0.1, -0.05) is 13.0 Å². The highest BCUT2D eigenvalue weighted by atomic mass is 32.2. The van der Waals surface area contributed by atoms with Crippen molar-refractivity contribution >= 4 is 21.9 Å². The second-order valence-electron chi connectivity index (χ2n) is 5.06.